The molecule has 1 amide bonds. The zero-order valence-electron chi connectivity index (χ0n) is 21.6. The van der Waals surface area contributed by atoms with Gasteiger partial charge in [-0.1, -0.05) is 59.1 Å². The number of amides is 1. The molecule has 11 heteroatoms. The van der Waals surface area contributed by atoms with Crippen molar-refractivity contribution in [2.24, 2.45) is 0 Å². The van der Waals surface area contributed by atoms with Crippen molar-refractivity contribution in [2.45, 2.75) is 23.3 Å². The molecule has 0 atom stereocenters. The van der Waals surface area contributed by atoms with Gasteiger partial charge >= 0.3 is 0 Å². The summed E-state index contributed by atoms with van der Waals surface area (Å²) in [4.78, 5) is 15.1. The van der Waals surface area contributed by atoms with Gasteiger partial charge in [0.25, 0.3) is 15.9 Å². The van der Waals surface area contributed by atoms with Crippen LogP contribution >= 0.6 is 34.8 Å². The summed E-state index contributed by atoms with van der Waals surface area (Å²) in [6.07, 6.45) is 0.620. The van der Waals surface area contributed by atoms with Gasteiger partial charge in [-0.25, -0.2) is 8.42 Å². The summed E-state index contributed by atoms with van der Waals surface area (Å²) < 4.78 is 34.8. The van der Waals surface area contributed by atoms with Crippen molar-refractivity contribution >= 4 is 56.4 Å². The fraction of sp³-hybridized carbons (Fsp3) is 0.167. The molecule has 7 nitrogen and oxygen atoms in total. The highest BCUT2D eigenvalue weighted by Gasteiger charge is 2.36. The molecule has 1 aliphatic heterocycles. The fourth-order valence-corrected chi connectivity index (χ4v) is 6.18. The molecule has 4 aromatic rings. The average molecular weight is 632 g/mol. The molecule has 0 aromatic heterocycles. The molecule has 1 fully saturated rings. The van der Waals surface area contributed by atoms with Crippen LogP contribution in [0, 0.1) is 0 Å². The van der Waals surface area contributed by atoms with E-state index in [4.69, 9.17) is 39.5 Å². The molecular formula is C30H25Cl3N2O5S. The quantitative estimate of drug-likeness (QED) is 0.222. The molecule has 1 heterocycles. The number of hydrogen-bond acceptors (Lipinski definition) is 5. The van der Waals surface area contributed by atoms with Gasteiger partial charge in [0.1, 0.15) is 11.5 Å². The molecule has 4 aromatic carbocycles. The second kappa shape index (κ2) is 11.9. The minimum atomic E-state index is -4.07. The number of piperidine rings is 1. The number of nitrogens with one attached hydrogen (secondary N) is 1. The Morgan fingerprint density at radius 2 is 1.49 bits per heavy atom. The van der Waals surface area contributed by atoms with Gasteiger partial charge in [0.15, 0.2) is 0 Å². The van der Waals surface area contributed by atoms with Gasteiger partial charge in [-0.2, -0.15) is 0 Å². The zero-order valence-corrected chi connectivity index (χ0v) is 24.6. The highest BCUT2D eigenvalue weighted by Crippen LogP contribution is 2.35. The predicted octanol–water partition coefficient (Wildman–Crippen LogP) is 7.36. The van der Waals surface area contributed by atoms with Gasteiger partial charge in [0, 0.05) is 23.1 Å². The van der Waals surface area contributed by atoms with Crippen LogP contribution in [-0.4, -0.2) is 37.4 Å². The van der Waals surface area contributed by atoms with Crippen LogP contribution < -0.4 is 9.46 Å². The number of nitrogens with zero attached hydrogens (tertiary/aromatic N) is 1. The molecule has 0 unspecified atom stereocenters. The third-order valence-corrected chi connectivity index (χ3v) is 9.09. The van der Waals surface area contributed by atoms with E-state index in [-0.39, 0.29) is 34.3 Å². The van der Waals surface area contributed by atoms with Crippen LogP contribution in [0.1, 0.15) is 28.8 Å². The minimum Gasteiger partial charge on any atom is -0.456 e. The van der Waals surface area contributed by atoms with Gasteiger partial charge in [-0.3, -0.25) is 9.52 Å². The molecule has 0 spiro atoms. The monoisotopic (exact) mass is 630 g/mol. The van der Waals surface area contributed by atoms with Gasteiger partial charge in [-0.15, -0.1) is 0 Å². The maximum absolute atomic E-state index is 13.5. The molecule has 0 bridgehead atoms. The second-order valence-electron chi connectivity index (χ2n) is 9.63. The molecular weight excluding hydrogens is 607 g/mol. The number of anilines is 1. The molecule has 2 N–H and O–H groups in total. The number of para-hydroxylation sites is 1. The highest BCUT2D eigenvalue weighted by molar-refractivity contribution is 7.92. The molecule has 0 radical (unpaired) electrons. The molecule has 0 aliphatic carbocycles. The Morgan fingerprint density at radius 3 is 2.15 bits per heavy atom. The van der Waals surface area contributed by atoms with Crippen molar-refractivity contribution in [3.63, 3.8) is 0 Å². The summed E-state index contributed by atoms with van der Waals surface area (Å²) in [5.41, 5.74) is -0.165. The summed E-state index contributed by atoms with van der Waals surface area (Å²) in [6.45, 7) is 0.535. The van der Waals surface area contributed by atoms with E-state index >= 15 is 0 Å². The zero-order chi connectivity index (χ0) is 29.2. The van der Waals surface area contributed by atoms with Crippen LogP contribution in [0.15, 0.2) is 95.9 Å². The van der Waals surface area contributed by atoms with E-state index in [1.807, 2.05) is 0 Å². The Kier molecular flexibility index (Phi) is 8.50. The van der Waals surface area contributed by atoms with E-state index in [1.165, 1.54) is 42.5 Å². The first-order valence-corrected chi connectivity index (χ1v) is 15.3. The number of likely N-dealkylation sites (tertiary alicyclic amines) is 1. The van der Waals surface area contributed by atoms with E-state index in [9.17, 15) is 18.3 Å². The number of halogens is 3. The molecule has 212 valence electrons. The molecule has 0 saturated carbocycles. The van der Waals surface area contributed by atoms with Gasteiger partial charge < -0.3 is 14.7 Å². The first-order chi connectivity index (χ1) is 19.5. The summed E-state index contributed by atoms with van der Waals surface area (Å²) in [7, 11) is -4.07. The number of sulfonamides is 1. The van der Waals surface area contributed by atoms with Crippen molar-refractivity contribution in [3.05, 3.63) is 117 Å². The van der Waals surface area contributed by atoms with Crippen molar-refractivity contribution in [1.82, 2.24) is 4.90 Å². The summed E-state index contributed by atoms with van der Waals surface area (Å²) in [6, 6.07) is 24.2. The SMILES string of the molecule is O=C(c1cc(Cl)ccc1NS(=O)(=O)c1ccc(Oc2ccccc2Cl)cc1)N1CCC(O)(c2ccc(Cl)cc2)CC1. The van der Waals surface area contributed by atoms with Crippen LogP contribution in [-0.2, 0) is 15.6 Å². The van der Waals surface area contributed by atoms with Gasteiger partial charge in [0.2, 0.25) is 0 Å². The predicted molar refractivity (Wildman–Crippen MR) is 161 cm³/mol. The average Bonchev–Trinajstić information content (AvgIpc) is 2.96. The number of hydrogen-bond donors (Lipinski definition) is 2. The Morgan fingerprint density at radius 1 is 0.854 bits per heavy atom. The lowest BCUT2D eigenvalue weighted by molar-refractivity contribution is -0.0211. The van der Waals surface area contributed by atoms with Crippen LogP contribution in [0.4, 0.5) is 5.69 Å². The Bertz CT molecular complexity index is 1670. The normalized spacial score (nSPS) is 14.9. The smallest absolute Gasteiger partial charge is 0.261 e. The maximum Gasteiger partial charge on any atom is 0.261 e. The van der Waals surface area contributed by atoms with E-state index in [0.29, 0.717) is 34.4 Å². The Balaban J connectivity index is 1.31. The first-order valence-electron chi connectivity index (χ1n) is 12.7. The minimum absolute atomic E-state index is 0.0247. The number of aliphatic hydroxyl groups is 1. The van der Waals surface area contributed by atoms with E-state index < -0.39 is 21.5 Å². The van der Waals surface area contributed by atoms with Crippen molar-refractivity contribution in [2.75, 3.05) is 17.8 Å². The number of rotatable bonds is 7. The maximum atomic E-state index is 13.5. The van der Waals surface area contributed by atoms with E-state index in [0.717, 1.165) is 5.56 Å². The lowest BCUT2D eigenvalue weighted by Crippen LogP contribution is -2.45. The van der Waals surface area contributed by atoms with Gasteiger partial charge in [-0.05, 0) is 85.1 Å². The number of carbonyl (C=O) groups is 1. The first kappa shape index (κ1) is 29.2. The molecule has 41 heavy (non-hydrogen) atoms. The summed E-state index contributed by atoms with van der Waals surface area (Å²) in [5, 5.41) is 12.5. The lowest BCUT2D eigenvalue weighted by atomic mass is 9.84. The van der Waals surface area contributed by atoms with Crippen LogP contribution in [0.25, 0.3) is 0 Å². The summed E-state index contributed by atoms with van der Waals surface area (Å²) >= 11 is 18.3. The number of ether oxygens (including phenoxy) is 1. The fourth-order valence-electron chi connectivity index (χ4n) is 4.63. The highest BCUT2D eigenvalue weighted by atomic mass is 35.5. The van der Waals surface area contributed by atoms with E-state index in [2.05, 4.69) is 4.72 Å². The van der Waals surface area contributed by atoms with Crippen LogP contribution in [0.5, 0.6) is 11.5 Å². The molecule has 1 aliphatic rings. The summed E-state index contributed by atoms with van der Waals surface area (Å²) in [5.74, 6) is 0.450. The van der Waals surface area contributed by atoms with Crippen LogP contribution in [0.3, 0.4) is 0 Å². The topological polar surface area (TPSA) is 95.9 Å². The Labute approximate surface area is 253 Å². The van der Waals surface area contributed by atoms with Crippen molar-refractivity contribution < 1.29 is 23.1 Å². The third-order valence-electron chi connectivity index (χ3n) is 6.91. The van der Waals surface area contributed by atoms with Crippen LogP contribution in [0.2, 0.25) is 15.1 Å². The Hall–Kier alpha value is -3.27. The number of carbonyl (C=O) groups excluding carboxylic acids is 1. The molecule has 5 rings (SSSR count). The van der Waals surface area contributed by atoms with Crippen molar-refractivity contribution in [3.8, 4) is 11.5 Å². The largest absolute Gasteiger partial charge is 0.456 e. The van der Waals surface area contributed by atoms with Crippen molar-refractivity contribution in [1.29, 1.82) is 0 Å². The molecule has 1 saturated heterocycles. The second-order valence-corrected chi connectivity index (χ2v) is 12.6. The lowest BCUT2D eigenvalue weighted by Gasteiger charge is -2.38. The standard InChI is InChI=1S/C30H25Cl3N2O5S/c31-21-7-5-20(6-8-21)30(37)15-17-35(18-16-30)29(36)25-19-22(32)9-14-27(25)34-41(38,39)24-12-10-23(11-13-24)40-28-4-2-1-3-26(28)33/h1-14,19,34,37H,15-18H2. The third kappa shape index (κ3) is 6.63. The number of benzene rings is 4. The van der Waals surface area contributed by atoms with E-state index in [1.54, 1.807) is 53.4 Å². The van der Waals surface area contributed by atoms with Gasteiger partial charge in [0.05, 0.1) is 26.8 Å².